The van der Waals surface area contributed by atoms with Crippen molar-refractivity contribution in [1.82, 2.24) is 0 Å². The van der Waals surface area contributed by atoms with Crippen LogP contribution >= 0.6 is 23.2 Å². The Morgan fingerprint density at radius 2 is 1.86 bits per heavy atom. The van der Waals surface area contributed by atoms with Gasteiger partial charge in [-0.25, -0.2) is 21.1 Å². The van der Waals surface area contributed by atoms with Crippen molar-refractivity contribution in [3.8, 4) is 5.75 Å². The molecule has 8 nitrogen and oxygen atoms in total. The molecule has 0 bridgehead atoms. The Morgan fingerprint density at radius 3 is 2.46 bits per heavy atom. The molecule has 3 rings (SSSR count). The molecule has 1 fully saturated rings. The minimum Gasteiger partial charge on any atom is -0.495 e. The van der Waals surface area contributed by atoms with Crippen molar-refractivity contribution in [1.29, 1.82) is 0 Å². The van der Waals surface area contributed by atoms with E-state index >= 15 is 0 Å². The number of carbonyl (C=O) groups is 1. The number of nitrogens with one attached hydrogen (secondary N) is 1. The molecule has 0 aromatic heterocycles. The standard InChI is InChI=1S/C16H14Cl2N2O6S2/c1-26-14-5-3-11(20-16(21)6-7-27(20,22)23)9-15(14)28(24,25)19-13-8-10(17)2-4-12(13)18/h2-5,8-9,19H,6-7H2,1H3. The monoisotopic (exact) mass is 464 g/mol. The predicted octanol–water partition coefficient (Wildman–Crippen LogP) is 2.87. The summed E-state index contributed by atoms with van der Waals surface area (Å²) in [5.74, 6) is -1.02. The van der Waals surface area contributed by atoms with Gasteiger partial charge in [-0.2, -0.15) is 0 Å². The van der Waals surface area contributed by atoms with E-state index in [1.54, 1.807) is 0 Å². The van der Waals surface area contributed by atoms with E-state index in [4.69, 9.17) is 27.9 Å². The molecule has 0 atom stereocenters. The average Bonchev–Trinajstić information content (AvgIpc) is 2.90. The number of amides is 1. The van der Waals surface area contributed by atoms with Gasteiger partial charge in [-0.3, -0.25) is 9.52 Å². The average molecular weight is 465 g/mol. The molecule has 0 unspecified atom stereocenters. The van der Waals surface area contributed by atoms with Crippen LogP contribution in [-0.2, 0) is 24.8 Å². The van der Waals surface area contributed by atoms with Gasteiger partial charge < -0.3 is 4.74 Å². The normalized spacial score (nSPS) is 16.2. The number of hydrogen-bond donors (Lipinski definition) is 1. The van der Waals surface area contributed by atoms with Crippen LogP contribution in [0.1, 0.15) is 6.42 Å². The molecular formula is C16H14Cl2N2O6S2. The molecule has 12 heteroatoms. The third-order valence-electron chi connectivity index (χ3n) is 3.92. The zero-order chi connectivity index (χ0) is 20.7. The first kappa shape index (κ1) is 20.7. The summed E-state index contributed by atoms with van der Waals surface area (Å²) in [4.78, 5) is 11.6. The van der Waals surface area contributed by atoms with Crippen LogP contribution in [0.25, 0.3) is 0 Å². The molecule has 1 amide bonds. The topological polar surface area (TPSA) is 110 Å². The molecule has 0 saturated carbocycles. The van der Waals surface area contributed by atoms with Gasteiger partial charge in [0, 0.05) is 11.4 Å². The molecule has 2 aromatic rings. The lowest BCUT2D eigenvalue weighted by atomic mass is 10.3. The number of carbonyl (C=O) groups excluding carboxylic acids is 1. The zero-order valence-electron chi connectivity index (χ0n) is 14.3. The Kier molecular flexibility index (Phi) is 5.50. The molecule has 1 N–H and O–H groups in total. The second-order valence-corrected chi connectivity index (χ2v) is 10.2. The van der Waals surface area contributed by atoms with Gasteiger partial charge in [0.15, 0.2) is 0 Å². The number of sulfonamides is 2. The maximum Gasteiger partial charge on any atom is 0.265 e. The summed E-state index contributed by atoms with van der Waals surface area (Å²) < 4.78 is 58.1. The summed E-state index contributed by atoms with van der Waals surface area (Å²) in [6.45, 7) is 0. The fourth-order valence-corrected chi connectivity index (χ4v) is 5.75. The Bertz CT molecular complexity index is 1170. The number of nitrogens with zero attached hydrogens (tertiary/aromatic N) is 1. The summed E-state index contributed by atoms with van der Waals surface area (Å²) in [6.07, 6.45) is -0.174. The van der Waals surface area contributed by atoms with Crippen molar-refractivity contribution >= 4 is 60.5 Å². The number of hydrogen-bond acceptors (Lipinski definition) is 6. The van der Waals surface area contributed by atoms with Crippen LogP contribution in [0.15, 0.2) is 41.3 Å². The van der Waals surface area contributed by atoms with Gasteiger partial charge in [0.05, 0.1) is 29.3 Å². The van der Waals surface area contributed by atoms with Gasteiger partial charge in [-0.15, -0.1) is 0 Å². The number of methoxy groups -OCH3 is 1. The summed E-state index contributed by atoms with van der Waals surface area (Å²) in [7, 11) is -6.84. The Hall–Kier alpha value is -2.01. The van der Waals surface area contributed by atoms with Crippen molar-refractivity contribution in [2.24, 2.45) is 0 Å². The molecule has 28 heavy (non-hydrogen) atoms. The van der Waals surface area contributed by atoms with Gasteiger partial charge in [0.25, 0.3) is 10.0 Å². The molecule has 150 valence electrons. The lowest BCUT2D eigenvalue weighted by Crippen LogP contribution is -2.29. The number of benzene rings is 2. The Morgan fingerprint density at radius 1 is 1.14 bits per heavy atom. The van der Waals surface area contributed by atoms with Crippen molar-refractivity contribution in [2.45, 2.75) is 11.3 Å². The molecule has 2 aromatic carbocycles. The molecule has 1 saturated heterocycles. The van der Waals surface area contributed by atoms with E-state index < -0.39 is 26.0 Å². The van der Waals surface area contributed by atoms with Gasteiger partial charge in [0.1, 0.15) is 10.6 Å². The number of halogens is 2. The van der Waals surface area contributed by atoms with E-state index in [-0.39, 0.29) is 44.2 Å². The van der Waals surface area contributed by atoms with Gasteiger partial charge in [0.2, 0.25) is 15.9 Å². The lowest BCUT2D eigenvalue weighted by Gasteiger charge is -2.18. The Labute approximate surface area is 172 Å². The molecule has 1 aliphatic rings. The molecule has 0 aliphatic carbocycles. The van der Waals surface area contributed by atoms with Crippen LogP contribution in [-0.4, -0.2) is 35.6 Å². The van der Waals surface area contributed by atoms with Crippen LogP contribution in [0, 0.1) is 0 Å². The van der Waals surface area contributed by atoms with Gasteiger partial charge in [-0.05, 0) is 36.4 Å². The number of anilines is 2. The van der Waals surface area contributed by atoms with E-state index in [0.29, 0.717) is 4.31 Å². The maximum atomic E-state index is 12.9. The van der Waals surface area contributed by atoms with E-state index in [1.807, 2.05) is 0 Å². The number of rotatable bonds is 5. The summed E-state index contributed by atoms with van der Waals surface area (Å²) in [5.41, 5.74) is -0.0626. The highest BCUT2D eigenvalue weighted by Gasteiger charge is 2.37. The van der Waals surface area contributed by atoms with Crippen molar-refractivity contribution in [2.75, 3.05) is 21.9 Å². The fourth-order valence-electron chi connectivity index (χ4n) is 2.65. The van der Waals surface area contributed by atoms with E-state index in [0.717, 1.165) is 6.07 Å². The summed E-state index contributed by atoms with van der Waals surface area (Å²) >= 11 is 11.9. The smallest absolute Gasteiger partial charge is 0.265 e. The third kappa shape index (κ3) is 3.90. The molecule has 0 spiro atoms. The van der Waals surface area contributed by atoms with Crippen molar-refractivity contribution < 1.29 is 26.4 Å². The van der Waals surface area contributed by atoms with Crippen molar-refractivity contribution in [3.63, 3.8) is 0 Å². The van der Waals surface area contributed by atoms with Crippen LogP contribution in [0.3, 0.4) is 0 Å². The third-order valence-corrected chi connectivity index (χ3v) is 7.56. The largest absolute Gasteiger partial charge is 0.495 e. The first-order valence-corrected chi connectivity index (χ1v) is 11.6. The minimum absolute atomic E-state index is 0.0338. The van der Waals surface area contributed by atoms with Gasteiger partial charge >= 0.3 is 0 Å². The van der Waals surface area contributed by atoms with Crippen molar-refractivity contribution in [3.05, 3.63) is 46.4 Å². The second-order valence-electron chi connectivity index (χ2n) is 5.79. The van der Waals surface area contributed by atoms with Crippen LogP contribution in [0.4, 0.5) is 11.4 Å². The second kappa shape index (κ2) is 7.43. The van der Waals surface area contributed by atoms with E-state index in [9.17, 15) is 21.6 Å². The highest BCUT2D eigenvalue weighted by molar-refractivity contribution is 7.94. The fraction of sp³-hybridized carbons (Fsp3) is 0.188. The highest BCUT2D eigenvalue weighted by Crippen LogP contribution is 2.35. The molecular weight excluding hydrogens is 451 g/mol. The lowest BCUT2D eigenvalue weighted by molar-refractivity contribution is -0.116. The quantitative estimate of drug-likeness (QED) is 0.727. The Balaban J connectivity index is 2.09. The van der Waals surface area contributed by atoms with Crippen LogP contribution in [0.2, 0.25) is 10.0 Å². The van der Waals surface area contributed by atoms with Gasteiger partial charge in [-0.1, -0.05) is 23.2 Å². The SMILES string of the molecule is COc1ccc(N2C(=O)CCS2(=O)=O)cc1S(=O)(=O)Nc1cc(Cl)ccc1Cl. The van der Waals surface area contributed by atoms with E-state index in [1.165, 1.54) is 37.4 Å². The van der Waals surface area contributed by atoms with Crippen LogP contribution < -0.4 is 13.8 Å². The zero-order valence-corrected chi connectivity index (χ0v) is 17.5. The maximum absolute atomic E-state index is 12.9. The minimum atomic E-state index is -4.25. The first-order chi connectivity index (χ1) is 13.0. The summed E-state index contributed by atoms with van der Waals surface area (Å²) in [5, 5.41) is 0.372. The first-order valence-electron chi connectivity index (χ1n) is 7.77. The number of ether oxygens (including phenoxy) is 1. The predicted molar refractivity (Wildman–Crippen MR) is 106 cm³/mol. The molecule has 0 radical (unpaired) electrons. The van der Waals surface area contributed by atoms with E-state index in [2.05, 4.69) is 4.72 Å². The van der Waals surface area contributed by atoms with Crippen LogP contribution in [0.5, 0.6) is 5.75 Å². The highest BCUT2D eigenvalue weighted by atomic mass is 35.5. The summed E-state index contributed by atoms with van der Waals surface area (Å²) in [6, 6.07) is 7.86. The molecule has 1 aliphatic heterocycles. The molecule has 1 heterocycles.